The number of amides is 1. The molecule has 2 aromatic heterocycles. The van der Waals surface area contributed by atoms with E-state index in [2.05, 4.69) is 10.3 Å². The average molecular weight is 341 g/mol. The normalized spacial score (nSPS) is 11.6. The number of carbonyl (C=O) groups excluding carboxylic acids is 1. The molecule has 0 aliphatic rings. The Labute approximate surface area is 144 Å². The van der Waals surface area contributed by atoms with E-state index in [1.807, 2.05) is 56.5 Å². The molecule has 2 heterocycles. The topological polar surface area (TPSA) is 64.0 Å². The lowest BCUT2D eigenvalue weighted by molar-refractivity contribution is -0.123. The van der Waals surface area contributed by atoms with Crippen LogP contribution in [0.25, 0.3) is 21.3 Å². The number of thiophene rings is 1. The molecule has 1 amide bonds. The molecule has 0 aliphatic heterocycles. The van der Waals surface area contributed by atoms with Gasteiger partial charge in [-0.3, -0.25) is 14.2 Å². The van der Waals surface area contributed by atoms with E-state index >= 15 is 0 Å². The van der Waals surface area contributed by atoms with Gasteiger partial charge in [-0.1, -0.05) is 30.3 Å². The maximum absolute atomic E-state index is 12.8. The van der Waals surface area contributed by atoms with E-state index in [1.165, 1.54) is 22.2 Å². The summed E-state index contributed by atoms with van der Waals surface area (Å²) in [5, 5.41) is 5.36. The van der Waals surface area contributed by atoms with Crippen molar-refractivity contribution in [3.63, 3.8) is 0 Å². The highest BCUT2D eigenvalue weighted by molar-refractivity contribution is 7.17. The minimum Gasteiger partial charge on any atom is -0.350 e. The Morgan fingerprint density at radius 3 is 2.62 bits per heavy atom. The molecule has 1 aromatic carbocycles. The number of fused-ring (bicyclic) bond motifs is 1. The number of aromatic nitrogens is 2. The lowest BCUT2D eigenvalue weighted by atomic mass is 10.1. The van der Waals surface area contributed by atoms with Gasteiger partial charge in [-0.15, -0.1) is 11.3 Å². The molecule has 0 fully saturated rings. The molecule has 0 saturated carbocycles. The maximum atomic E-state index is 12.8. The van der Waals surface area contributed by atoms with Crippen molar-refractivity contribution in [2.45, 2.75) is 32.9 Å². The molecule has 3 rings (SSSR count). The van der Waals surface area contributed by atoms with E-state index in [0.29, 0.717) is 10.2 Å². The molecule has 124 valence electrons. The van der Waals surface area contributed by atoms with Crippen LogP contribution in [0.1, 0.15) is 20.8 Å². The van der Waals surface area contributed by atoms with Crippen LogP contribution in [0.3, 0.4) is 0 Å². The van der Waals surface area contributed by atoms with Gasteiger partial charge in [-0.25, -0.2) is 4.98 Å². The summed E-state index contributed by atoms with van der Waals surface area (Å²) in [6.07, 6.45) is 1.44. The second-order valence-corrected chi connectivity index (χ2v) is 7.53. The summed E-state index contributed by atoms with van der Waals surface area (Å²) < 4.78 is 1.36. The predicted octanol–water partition coefficient (Wildman–Crippen LogP) is 3.04. The Kier molecular flexibility index (Phi) is 4.24. The van der Waals surface area contributed by atoms with Gasteiger partial charge in [0.15, 0.2) is 0 Å². The van der Waals surface area contributed by atoms with Crippen molar-refractivity contribution in [3.05, 3.63) is 52.4 Å². The Morgan fingerprint density at radius 1 is 1.25 bits per heavy atom. The van der Waals surface area contributed by atoms with Crippen LogP contribution < -0.4 is 10.9 Å². The quantitative estimate of drug-likeness (QED) is 0.796. The SMILES string of the molecule is CC(C)(C)NC(=O)Cn1cnc2scc(-c3ccccc3)c2c1=O. The summed E-state index contributed by atoms with van der Waals surface area (Å²) in [5.74, 6) is -0.206. The molecule has 3 aromatic rings. The molecule has 0 atom stereocenters. The summed E-state index contributed by atoms with van der Waals surface area (Å²) in [6.45, 7) is 5.67. The zero-order chi connectivity index (χ0) is 17.3. The predicted molar refractivity (Wildman–Crippen MR) is 97.2 cm³/mol. The number of nitrogens with zero attached hydrogens (tertiary/aromatic N) is 2. The van der Waals surface area contributed by atoms with Crippen LogP contribution in [0, 0.1) is 0 Å². The first kappa shape index (κ1) is 16.4. The van der Waals surface area contributed by atoms with Crippen molar-refractivity contribution in [3.8, 4) is 11.1 Å². The van der Waals surface area contributed by atoms with Crippen molar-refractivity contribution in [1.82, 2.24) is 14.9 Å². The molecular formula is C18H19N3O2S. The zero-order valence-corrected chi connectivity index (χ0v) is 14.7. The molecule has 0 bridgehead atoms. The fourth-order valence-electron chi connectivity index (χ4n) is 2.52. The van der Waals surface area contributed by atoms with Gasteiger partial charge < -0.3 is 5.32 Å². The number of nitrogens with one attached hydrogen (secondary N) is 1. The first-order valence-electron chi connectivity index (χ1n) is 7.68. The van der Waals surface area contributed by atoms with Gasteiger partial charge in [0.05, 0.1) is 11.7 Å². The van der Waals surface area contributed by atoms with Gasteiger partial charge in [0, 0.05) is 16.5 Å². The highest BCUT2D eigenvalue weighted by Crippen LogP contribution is 2.30. The first-order chi connectivity index (χ1) is 11.3. The van der Waals surface area contributed by atoms with Crippen LogP contribution in [0.15, 0.2) is 46.8 Å². The third-order valence-electron chi connectivity index (χ3n) is 3.47. The van der Waals surface area contributed by atoms with Gasteiger partial charge in [0.1, 0.15) is 11.4 Å². The third kappa shape index (κ3) is 3.38. The molecule has 0 saturated heterocycles. The lowest BCUT2D eigenvalue weighted by Gasteiger charge is -2.20. The second kappa shape index (κ2) is 6.20. The fraction of sp³-hybridized carbons (Fsp3) is 0.278. The van der Waals surface area contributed by atoms with Crippen LogP contribution >= 0.6 is 11.3 Å². The molecule has 0 aliphatic carbocycles. The smallest absolute Gasteiger partial charge is 0.263 e. The Hall–Kier alpha value is -2.47. The molecule has 5 nitrogen and oxygen atoms in total. The van der Waals surface area contributed by atoms with Crippen LogP contribution in [0.4, 0.5) is 0 Å². The van der Waals surface area contributed by atoms with Crippen LogP contribution in [-0.4, -0.2) is 21.0 Å². The Bertz CT molecular complexity index is 936. The van der Waals surface area contributed by atoms with Crippen LogP contribution in [0.5, 0.6) is 0 Å². The molecule has 6 heteroatoms. The highest BCUT2D eigenvalue weighted by atomic mass is 32.1. The molecule has 0 spiro atoms. The molecule has 24 heavy (non-hydrogen) atoms. The maximum Gasteiger partial charge on any atom is 0.263 e. The van der Waals surface area contributed by atoms with E-state index in [-0.39, 0.29) is 23.6 Å². The van der Waals surface area contributed by atoms with Gasteiger partial charge in [-0.05, 0) is 26.3 Å². The number of benzene rings is 1. The molecule has 1 N–H and O–H groups in total. The Morgan fingerprint density at radius 2 is 1.96 bits per heavy atom. The molecular weight excluding hydrogens is 322 g/mol. The first-order valence-corrected chi connectivity index (χ1v) is 8.56. The van der Waals surface area contributed by atoms with E-state index in [1.54, 1.807) is 0 Å². The monoisotopic (exact) mass is 341 g/mol. The number of carbonyl (C=O) groups is 1. The second-order valence-electron chi connectivity index (χ2n) is 6.67. The Balaban J connectivity index is 2.02. The van der Waals surface area contributed by atoms with Gasteiger partial charge >= 0.3 is 0 Å². The summed E-state index contributed by atoms with van der Waals surface area (Å²) in [7, 11) is 0. The number of hydrogen-bond donors (Lipinski definition) is 1. The van der Waals surface area contributed by atoms with Crippen molar-refractivity contribution >= 4 is 27.5 Å². The summed E-state index contributed by atoms with van der Waals surface area (Å²) >= 11 is 1.44. The zero-order valence-electron chi connectivity index (χ0n) is 13.9. The van der Waals surface area contributed by atoms with Gasteiger partial charge in [0.25, 0.3) is 5.56 Å². The summed E-state index contributed by atoms with van der Waals surface area (Å²) in [4.78, 5) is 30.0. The van der Waals surface area contributed by atoms with Crippen LogP contribution in [0.2, 0.25) is 0 Å². The molecule has 0 radical (unpaired) electrons. The molecule has 0 unspecified atom stereocenters. The minimum absolute atomic E-state index is 0.0386. The van der Waals surface area contributed by atoms with Crippen molar-refractivity contribution in [2.24, 2.45) is 0 Å². The number of rotatable bonds is 3. The van der Waals surface area contributed by atoms with Crippen molar-refractivity contribution in [2.75, 3.05) is 0 Å². The fourth-order valence-corrected chi connectivity index (χ4v) is 3.43. The average Bonchev–Trinajstić information content (AvgIpc) is 2.94. The summed E-state index contributed by atoms with van der Waals surface area (Å²) in [6, 6.07) is 9.73. The van der Waals surface area contributed by atoms with E-state index in [9.17, 15) is 9.59 Å². The van der Waals surface area contributed by atoms with Gasteiger partial charge in [0.2, 0.25) is 5.91 Å². The minimum atomic E-state index is -0.337. The van der Waals surface area contributed by atoms with E-state index in [4.69, 9.17) is 0 Å². The standard InChI is InChI=1S/C18H19N3O2S/c1-18(2,3)20-14(22)9-21-11-19-16-15(17(21)23)13(10-24-16)12-7-5-4-6-8-12/h4-8,10-11H,9H2,1-3H3,(H,20,22). The highest BCUT2D eigenvalue weighted by Gasteiger charge is 2.17. The van der Waals surface area contributed by atoms with Gasteiger partial charge in [-0.2, -0.15) is 0 Å². The summed E-state index contributed by atoms with van der Waals surface area (Å²) in [5.41, 5.74) is 1.30. The van der Waals surface area contributed by atoms with E-state index in [0.717, 1.165) is 11.1 Å². The van der Waals surface area contributed by atoms with Crippen molar-refractivity contribution in [1.29, 1.82) is 0 Å². The van der Waals surface area contributed by atoms with Crippen LogP contribution in [-0.2, 0) is 11.3 Å². The lowest BCUT2D eigenvalue weighted by Crippen LogP contribution is -2.43. The van der Waals surface area contributed by atoms with Crippen molar-refractivity contribution < 1.29 is 4.79 Å². The largest absolute Gasteiger partial charge is 0.350 e. The van der Waals surface area contributed by atoms with E-state index < -0.39 is 0 Å². The third-order valence-corrected chi connectivity index (χ3v) is 4.36. The number of hydrogen-bond acceptors (Lipinski definition) is 4.